The quantitative estimate of drug-likeness (QED) is 0.843. The summed E-state index contributed by atoms with van der Waals surface area (Å²) < 4.78 is 5.99. The van der Waals surface area contributed by atoms with Gasteiger partial charge >= 0.3 is 0 Å². The van der Waals surface area contributed by atoms with E-state index in [2.05, 4.69) is 24.0 Å². The highest BCUT2D eigenvalue weighted by Gasteiger charge is 2.28. The van der Waals surface area contributed by atoms with Gasteiger partial charge in [0.25, 0.3) is 5.91 Å². The average molecular weight is 335 g/mol. The Balaban J connectivity index is 1.67. The second-order valence-corrected chi connectivity index (χ2v) is 7.60. The van der Waals surface area contributed by atoms with Crippen LogP contribution in [0.2, 0.25) is 0 Å². The largest absolute Gasteiger partial charge is 0.473 e. The number of aromatic nitrogens is 1. The third-order valence-electron chi connectivity index (χ3n) is 4.65. The number of amides is 1. The van der Waals surface area contributed by atoms with Crippen LogP contribution in [0, 0.1) is 0 Å². The number of carbonyl (C=O) groups is 1. The fraction of sp³-hybridized carbons (Fsp3) is 0.647. The SMILES string of the molecule is CN(C)C1CCN(C(=O)c2cccnc2OC2CCSC2)CC1. The number of piperidine rings is 1. The molecule has 2 saturated heterocycles. The molecule has 5 nitrogen and oxygen atoms in total. The summed E-state index contributed by atoms with van der Waals surface area (Å²) in [5.74, 6) is 2.66. The molecule has 0 radical (unpaired) electrons. The lowest BCUT2D eigenvalue weighted by molar-refractivity contribution is 0.0656. The Morgan fingerprint density at radius 2 is 2.13 bits per heavy atom. The van der Waals surface area contributed by atoms with Gasteiger partial charge in [-0.05, 0) is 51.2 Å². The molecule has 0 N–H and O–H groups in total. The maximum absolute atomic E-state index is 12.9. The third kappa shape index (κ3) is 3.98. The van der Waals surface area contributed by atoms with E-state index in [1.807, 2.05) is 28.8 Å². The van der Waals surface area contributed by atoms with Crippen LogP contribution in [0.25, 0.3) is 0 Å². The number of carbonyl (C=O) groups excluding carboxylic acids is 1. The summed E-state index contributed by atoms with van der Waals surface area (Å²) in [6, 6.07) is 4.22. The van der Waals surface area contributed by atoms with Crippen LogP contribution in [0.3, 0.4) is 0 Å². The van der Waals surface area contributed by atoms with Gasteiger partial charge in [-0.15, -0.1) is 0 Å². The Bertz CT molecular complexity index is 538. The van der Waals surface area contributed by atoms with Gasteiger partial charge in [0, 0.05) is 31.1 Å². The minimum atomic E-state index is 0.0518. The van der Waals surface area contributed by atoms with Crippen LogP contribution in [0.1, 0.15) is 29.6 Å². The number of hydrogen-bond acceptors (Lipinski definition) is 5. The highest BCUT2D eigenvalue weighted by atomic mass is 32.2. The van der Waals surface area contributed by atoms with E-state index in [0.717, 1.165) is 43.9 Å². The van der Waals surface area contributed by atoms with Crippen LogP contribution in [0.15, 0.2) is 18.3 Å². The van der Waals surface area contributed by atoms with Crippen LogP contribution in [0.4, 0.5) is 0 Å². The molecule has 0 aliphatic carbocycles. The summed E-state index contributed by atoms with van der Waals surface area (Å²) >= 11 is 1.89. The third-order valence-corrected chi connectivity index (χ3v) is 5.78. The Kier molecular flexibility index (Phi) is 5.43. The van der Waals surface area contributed by atoms with Crippen molar-refractivity contribution in [1.29, 1.82) is 0 Å². The Labute approximate surface area is 142 Å². The van der Waals surface area contributed by atoms with E-state index in [0.29, 0.717) is 17.5 Å². The molecule has 1 unspecified atom stereocenters. The molecule has 2 aliphatic rings. The molecule has 0 saturated carbocycles. The molecule has 1 aromatic heterocycles. The zero-order valence-electron chi connectivity index (χ0n) is 13.9. The van der Waals surface area contributed by atoms with E-state index < -0.39 is 0 Å². The second kappa shape index (κ2) is 7.53. The first-order valence-electron chi connectivity index (χ1n) is 8.30. The molecular weight excluding hydrogens is 310 g/mol. The molecule has 0 bridgehead atoms. The van der Waals surface area contributed by atoms with Crippen molar-refractivity contribution in [2.45, 2.75) is 31.4 Å². The summed E-state index contributed by atoms with van der Waals surface area (Å²) in [6.07, 6.45) is 4.96. The molecule has 2 aliphatic heterocycles. The van der Waals surface area contributed by atoms with Crippen molar-refractivity contribution in [1.82, 2.24) is 14.8 Å². The van der Waals surface area contributed by atoms with Gasteiger partial charge in [-0.25, -0.2) is 4.98 Å². The number of nitrogens with zero attached hydrogens (tertiary/aromatic N) is 3. The average Bonchev–Trinajstić information content (AvgIpc) is 3.08. The molecule has 0 aromatic carbocycles. The maximum atomic E-state index is 12.9. The van der Waals surface area contributed by atoms with Crippen molar-refractivity contribution in [2.75, 3.05) is 38.7 Å². The second-order valence-electron chi connectivity index (χ2n) is 6.45. The zero-order chi connectivity index (χ0) is 16.2. The number of thioether (sulfide) groups is 1. The van der Waals surface area contributed by atoms with E-state index in [4.69, 9.17) is 4.74 Å². The van der Waals surface area contributed by atoms with Gasteiger partial charge < -0.3 is 14.5 Å². The summed E-state index contributed by atoms with van der Waals surface area (Å²) in [5.41, 5.74) is 0.604. The fourth-order valence-corrected chi connectivity index (χ4v) is 4.26. The lowest BCUT2D eigenvalue weighted by Gasteiger charge is -2.35. The van der Waals surface area contributed by atoms with E-state index in [9.17, 15) is 4.79 Å². The number of ether oxygens (including phenoxy) is 1. The molecule has 6 heteroatoms. The summed E-state index contributed by atoms with van der Waals surface area (Å²) in [7, 11) is 4.21. The van der Waals surface area contributed by atoms with Gasteiger partial charge in [-0.1, -0.05) is 0 Å². The van der Waals surface area contributed by atoms with Crippen LogP contribution in [-0.2, 0) is 0 Å². The van der Waals surface area contributed by atoms with E-state index in [1.165, 1.54) is 0 Å². The molecule has 3 heterocycles. The molecular formula is C17H25N3O2S. The molecule has 3 rings (SSSR count). The van der Waals surface area contributed by atoms with E-state index >= 15 is 0 Å². The highest BCUT2D eigenvalue weighted by Crippen LogP contribution is 2.26. The van der Waals surface area contributed by atoms with Crippen LogP contribution in [0.5, 0.6) is 5.88 Å². The van der Waals surface area contributed by atoms with Crippen molar-refractivity contribution in [2.24, 2.45) is 0 Å². The number of likely N-dealkylation sites (tertiary alicyclic amines) is 1. The smallest absolute Gasteiger partial charge is 0.259 e. The topological polar surface area (TPSA) is 45.7 Å². The predicted octanol–water partition coefficient (Wildman–Crippen LogP) is 2.13. The number of hydrogen-bond donors (Lipinski definition) is 0. The lowest BCUT2D eigenvalue weighted by atomic mass is 10.0. The molecule has 1 aromatic rings. The molecule has 23 heavy (non-hydrogen) atoms. The van der Waals surface area contributed by atoms with Gasteiger partial charge in [-0.3, -0.25) is 4.79 Å². The molecule has 0 spiro atoms. The Morgan fingerprint density at radius 3 is 2.78 bits per heavy atom. The van der Waals surface area contributed by atoms with E-state index in [-0.39, 0.29) is 12.0 Å². The van der Waals surface area contributed by atoms with Gasteiger partial charge in [0.1, 0.15) is 11.7 Å². The zero-order valence-corrected chi connectivity index (χ0v) is 14.7. The molecule has 2 fully saturated rings. The molecule has 126 valence electrons. The number of rotatable bonds is 4. The van der Waals surface area contributed by atoms with Crippen LogP contribution < -0.4 is 4.74 Å². The number of pyridine rings is 1. The highest BCUT2D eigenvalue weighted by molar-refractivity contribution is 7.99. The monoisotopic (exact) mass is 335 g/mol. The predicted molar refractivity (Wildman–Crippen MR) is 93.2 cm³/mol. The van der Waals surface area contributed by atoms with Gasteiger partial charge in [0.05, 0.1) is 0 Å². The summed E-state index contributed by atoms with van der Waals surface area (Å²) in [6.45, 7) is 1.60. The maximum Gasteiger partial charge on any atom is 0.259 e. The first-order valence-corrected chi connectivity index (χ1v) is 9.45. The minimum Gasteiger partial charge on any atom is -0.473 e. The lowest BCUT2D eigenvalue weighted by Crippen LogP contribution is -2.44. The van der Waals surface area contributed by atoms with Gasteiger partial charge in [0.15, 0.2) is 0 Å². The normalized spacial score (nSPS) is 22.6. The molecule has 1 amide bonds. The first kappa shape index (κ1) is 16.6. The van der Waals surface area contributed by atoms with Gasteiger partial charge in [0.2, 0.25) is 5.88 Å². The standard InChI is InChI=1S/C17H25N3O2S/c1-19(2)13-5-9-20(10-6-13)17(21)15-4-3-8-18-16(15)22-14-7-11-23-12-14/h3-4,8,13-14H,5-7,9-12H2,1-2H3. The summed E-state index contributed by atoms with van der Waals surface area (Å²) in [4.78, 5) is 21.4. The Hall–Kier alpha value is -1.27. The van der Waals surface area contributed by atoms with Crippen molar-refractivity contribution in [3.63, 3.8) is 0 Å². The molecule has 1 atom stereocenters. The van der Waals surface area contributed by atoms with Crippen molar-refractivity contribution in [3.8, 4) is 5.88 Å². The fourth-order valence-electron chi connectivity index (χ4n) is 3.17. The van der Waals surface area contributed by atoms with Crippen LogP contribution >= 0.6 is 11.8 Å². The van der Waals surface area contributed by atoms with Crippen molar-refractivity contribution < 1.29 is 9.53 Å². The summed E-state index contributed by atoms with van der Waals surface area (Å²) in [5, 5.41) is 0. The van der Waals surface area contributed by atoms with E-state index in [1.54, 1.807) is 6.20 Å². The Morgan fingerprint density at radius 1 is 1.35 bits per heavy atom. The minimum absolute atomic E-state index is 0.0518. The van der Waals surface area contributed by atoms with Crippen molar-refractivity contribution >= 4 is 17.7 Å². The first-order chi connectivity index (χ1) is 11.1. The van der Waals surface area contributed by atoms with Crippen molar-refractivity contribution in [3.05, 3.63) is 23.9 Å². The van der Waals surface area contributed by atoms with Gasteiger partial charge in [-0.2, -0.15) is 11.8 Å². The van der Waals surface area contributed by atoms with Crippen LogP contribution in [-0.4, -0.2) is 71.5 Å².